The molecule has 1 heterocycles. The van der Waals surface area contributed by atoms with Gasteiger partial charge >= 0.3 is 0 Å². The maximum atomic E-state index is 6.03. The molecular weight excluding hydrogens is 348 g/mol. The molecule has 0 aliphatic carbocycles. The van der Waals surface area contributed by atoms with Crippen molar-refractivity contribution in [1.29, 1.82) is 0 Å². The van der Waals surface area contributed by atoms with Gasteiger partial charge in [-0.3, -0.25) is 0 Å². The number of halogens is 1. The summed E-state index contributed by atoms with van der Waals surface area (Å²) in [7, 11) is 1.69. The monoisotopic (exact) mass is 368 g/mol. The Morgan fingerprint density at radius 1 is 1.00 bits per heavy atom. The maximum absolute atomic E-state index is 6.03. The average molecular weight is 369 g/mol. The van der Waals surface area contributed by atoms with E-state index in [4.69, 9.17) is 16.3 Å². The average Bonchev–Trinajstić information content (AvgIpc) is 2.62. The summed E-state index contributed by atoms with van der Waals surface area (Å²) in [5.74, 6) is 3.09. The third kappa shape index (κ3) is 4.86. The van der Waals surface area contributed by atoms with Gasteiger partial charge in [-0.05, 0) is 43.2 Å². The van der Waals surface area contributed by atoms with E-state index in [1.54, 1.807) is 7.11 Å². The third-order valence-electron chi connectivity index (χ3n) is 3.83. The van der Waals surface area contributed by atoms with Crippen molar-refractivity contribution in [2.45, 2.75) is 13.3 Å². The molecule has 0 atom stereocenters. The predicted octanol–water partition coefficient (Wildman–Crippen LogP) is 4.85. The lowest BCUT2D eigenvalue weighted by atomic mass is 10.1. The Morgan fingerprint density at radius 3 is 2.62 bits per heavy atom. The molecule has 0 amide bonds. The van der Waals surface area contributed by atoms with E-state index in [-0.39, 0.29) is 0 Å². The first-order valence-corrected chi connectivity index (χ1v) is 8.76. The maximum Gasteiger partial charge on any atom is 0.136 e. The van der Waals surface area contributed by atoms with Gasteiger partial charge in [-0.1, -0.05) is 35.9 Å². The highest BCUT2D eigenvalue weighted by Gasteiger charge is 2.05. The molecule has 0 saturated heterocycles. The molecule has 0 aliphatic rings. The van der Waals surface area contributed by atoms with Crippen LogP contribution in [0.25, 0.3) is 0 Å². The molecule has 2 aromatic carbocycles. The molecule has 2 N–H and O–H groups in total. The van der Waals surface area contributed by atoms with E-state index in [2.05, 4.69) is 26.7 Å². The van der Waals surface area contributed by atoms with Crippen molar-refractivity contribution in [1.82, 2.24) is 9.97 Å². The van der Waals surface area contributed by atoms with Gasteiger partial charge < -0.3 is 15.4 Å². The molecular formula is C20H21ClN4O. The number of methoxy groups -OCH3 is 1. The van der Waals surface area contributed by atoms with Crippen molar-refractivity contribution in [2.75, 3.05) is 24.3 Å². The van der Waals surface area contributed by atoms with Crippen LogP contribution in [0.1, 0.15) is 11.4 Å². The zero-order valence-corrected chi connectivity index (χ0v) is 15.5. The predicted molar refractivity (Wildman–Crippen MR) is 107 cm³/mol. The van der Waals surface area contributed by atoms with Gasteiger partial charge in [-0.2, -0.15) is 0 Å². The van der Waals surface area contributed by atoms with Crippen LogP contribution in [-0.4, -0.2) is 23.6 Å². The van der Waals surface area contributed by atoms with E-state index in [9.17, 15) is 0 Å². The first-order valence-electron chi connectivity index (χ1n) is 8.38. The summed E-state index contributed by atoms with van der Waals surface area (Å²) in [6.45, 7) is 2.61. The molecule has 6 heteroatoms. The van der Waals surface area contributed by atoms with Crippen LogP contribution >= 0.6 is 11.6 Å². The van der Waals surface area contributed by atoms with Crippen LogP contribution in [0.4, 0.5) is 17.3 Å². The Kier molecular flexibility index (Phi) is 5.92. The van der Waals surface area contributed by atoms with Crippen molar-refractivity contribution in [3.05, 3.63) is 71.0 Å². The highest BCUT2D eigenvalue weighted by atomic mass is 35.5. The van der Waals surface area contributed by atoms with Gasteiger partial charge in [0.15, 0.2) is 0 Å². The summed E-state index contributed by atoms with van der Waals surface area (Å²) in [4.78, 5) is 8.87. The molecule has 0 spiro atoms. The Hall–Kier alpha value is -2.79. The minimum atomic E-state index is 0.677. The number of hydrogen-bond donors (Lipinski definition) is 2. The van der Waals surface area contributed by atoms with E-state index in [1.165, 1.54) is 0 Å². The van der Waals surface area contributed by atoms with Crippen LogP contribution in [-0.2, 0) is 6.42 Å². The molecule has 5 nitrogen and oxygen atoms in total. The van der Waals surface area contributed by atoms with Crippen LogP contribution in [0.15, 0.2) is 54.6 Å². The van der Waals surface area contributed by atoms with Gasteiger partial charge in [0.25, 0.3) is 0 Å². The molecule has 3 rings (SSSR count). The van der Waals surface area contributed by atoms with Crippen molar-refractivity contribution < 1.29 is 4.74 Å². The SMILES string of the molecule is COc1ccccc1CCNc1cc(Nc2cccc(Cl)c2)nc(C)n1. The number of anilines is 3. The summed E-state index contributed by atoms with van der Waals surface area (Å²) in [6, 6.07) is 17.4. The second-order valence-corrected chi connectivity index (χ2v) is 6.25. The highest BCUT2D eigenvalue weighted by molar-refractivity contribution is 6.30. The molecule has 0 saturated carbocycles. The van der Waals surface area contributed by atoms with Crippen LogP contribution < -0.4 is 15.4 Å². The fraction of sp³-hybridized carbons (Fsp3) is 0.200. The number of hydrogen-bond acceptors (Lipinski definition) is 5. The number of aromatic nitrogens is 2. The largest absolute Gasteiger partial charge is 0.496 e. The molecule has 26 heavy (non-hydrogen) atoms. The van der Waals surface area contributed by atoms with Crippen molar-refractivity contribution in [2.24, 2.45) is 0 Å². The van der Waals surface area contributed by atoms with E-state index in [1.807, 2.05) is 55.5 Å². The lowest BCUT2D eigenvalue weighted by Crippen LogP contribution is -2.09. The number of nitrogens with zero attached hydrogens (tertiary/aromatic N) is 2. The molecule has 0 radical (unpaired) electrons. The summed E-state index contributed by atoms with van der Waals surface area (Å²) in [5.41, 5.74) is 2.04. The topological polar surface area (TPSA) is 59.1 Å². The normalized spacial score (nSPS) is 10.4. The number of benzene rings is 2. The van der Waals surface area contributed by atoms with Crippen molar-refractivity contribution in [3.8, 4) is 5.75 Å². The number of rotatable bonds is 7. The van der Waals surface area contributed by atoms with Crippen molar-refractivity contribution >= 4 is 28.9 Å². The van der Waals surface area contributed by atoms with Gasteiger partial charge in [-0.25, -0.2) is 9.97 Å². The fourth-order valence-electron chi connectivity index (χ4n) is 2.67. The standard InChI is InChI=1S/C20H21ClN4O/c1-14-23-19(22-11-10-15-6-3-4-9-18(15)26-2)13-20(24-14)25-17-8-5-7-16(21)12-17/h3-9,12-13H,10-11H2,1-2H3,(H2,22,23,24,25). The highest BCUT2D eigenvalue weighted by Crippen LogP contribution is 2.21. The summed E-state index contributed by atoms with van der Waals surface area (Å²) in [6.07, 6.45) is 0.837. The Labute approximate surface area is 158 Å². The number of nitrogens with one attached hydrogen (secondary N) is 2. The zero-order valence-electron chi connectivity index (χ0n) is 14.8. The number of aryl methyl sites for hydroxylation is 1. The summed E-state index contributed by atoms with van der Waals surface area (Å²) in [5, 5.41) is 7.28. The summed E-state index contributed by atoms with van der Waals surface area (Å²) >= 11 is 6.03. The van der Waals surface area contributed by atoms with Crippen molar-refractivity contribution in [3.63, 3.8) is 0 Å². The van der Waals surface area contributed by atoms with Crippen LogP contribution in [0.5, 0.6) is 5.75 Å². The molecule has 0 fully saturated rings. The second-order valence-electron chi connectivity index (χ2n) is 5.81. The molecule has 134 valence electrons. The molecule has 0 bridgehead atoms. The van der Waals surface area contributed by atoms with Crippen LogP contribution in [0, 0.1) is 6.92 Å². The lowest BCUT2D eigenvalue weighted by molar-refractivity contribution is 0.410. The van der Waals surface area contributed by atoms with Gasteiger partial charge in [0.05, 0.1) is 7.11 Å². The van der Waals surface area contributed by atoms with Gasteiger partial charge in [0.1, 0.15) is 23.2 Å². The first kappa shape index (κ1) is 18.0. The quantitative estimate of drug-likeness (QED) is 0.624. The second kappa shape index (κ2) is 8.54. The number of ether oxygens (including phenoxy) is 1. The summed E-state index contributed by atoms with van der Waals surface area (Å²) < 4.78 is 5.39. The molecule has 1 aromatic heterocycles. The Morgan fingerprint density at radius 2 is 1.81 bits per heavy atom. The van der Waals surface area contributed by atoms with Crippen LogP contribution in [0.2, 0.25) is 5.02 Å². The Bertz CT molecular complexity index is 885. The minimum Gasteiger partial charge on any atom is -0.496 e. The molecule has 0 aliphatic heterocycles. The minimum absolute atomic E-state index is 0.677. The van der Waals surface area contributed by atoms with Gasteiger partial charge in [-0.15, -0.1) is 0 Å². The fourth-order valence-corrected chi connectivity index (χ4v) is 2.86. The van der Waals surface area contributed by atoms with E-state index < -0.39 is 0 Å². The molecule has 0 unspecified atom stereocenters. The Balaban J connectivity index is 1.66. The smallest absolute Gasteiger partial charge is 0.136 e. The van der Waals surface area contributed by atoms with E-state index >= 15 is 0 Å². The van der Waals surface area contributed by atoms with Gasteiger partial charge in [0.2, 0.25) is 0 Å². The van der Waals surface area contributed by atoms with E-state index in [0.29, 0.717) is 10.8 Å². The van der Waals surface area contributed by atoms with E-state index in [0.717, 1.165) is 41.6 Å². The third-order valence-corrected chi connectivity index (χ3v) is 4.06. The number of para-hydroxylation sites is 1. The zero-order chi connectivity index (χ0) is 18.4. The first-order chi connectivity index (χ1) is 12.6. The molecule has 3 aromatic rings. The van der Waals surface area contributed by atoms with Gasteiger partial charge in [0, 0.05) is 23.3 Å². The lowest BCUT2D eigenvalue weighted by Gasteiger charge is -2.11. The van der Waals surface area contributed by atoms with Crippen LogP contribution in [0.3, 0.4) is 0 Å².